The average molecular weight is 244 g/mol. The Bertz CT molecular complexity index is 437. The van der Waals surface area contributed by atoms with Crippen molar-refractivity contribution < 1.29 is 18.3 Å². The van der Waals surface area contributed by atoms with Crippen molar-refractivity contribution >= 4 is 9.84 Å². The van der Waals surface area contributed by atoms with E-state index in [0.29, 0.717) is 5.75 Å². The second-order valence-electron chi connectivity index (χ2n) is 3.61. The molecule has 0 aromatic heterocycles. The Balaban J connectivity index is 2.98. The molecule has 5 heteroatoms. The molecule has 1 aromatic rings. The van der Waals surface area contributed by atoms with Gasteiger partial charge >= 0.3 is 0 Å². The molecule has 0 radical (unpaired) electrons. The van der Waals surface area contributed by atoms with Gasteiger partial charge in [0, 0.05) is 0 Å². The van der Waals surface area contributed by atoms with Gasteiger partial charge in [0.15, 0.2) is 9.84 Å². The molecule has 1 N–H and O–H groups in total. The molecule has 0 spiro atoms. The van der Waals surface area contributed by atoms with E-state index in [1.807, 2.05) is 0 Å². The lowest BCUT2D eigenvalue weighted by molar-refractivity contribution is 0.191. The summed E-state index contributed by atoms with van der Waals surface area (Å²) in [6.45, 7) is 1.57. The maximum atomic E-state index is 11.9. The monoisotopic (exact) mass is 244 g/mol. The molecule has 0 saturated carbocycles. The van der Waals surface area contributed by atoms with E-state index in [9.17, 15) is 8.42 Å². The second kappa shape index (κ2) is 5.32. The molecule has 0 aliphatic rings. The van der Waals surface area contributed by atoms with Crippen LogP contribution in [0.5, 0.6) is 5.75 Å². The number of ether oxygens (including phenoxy) is 1. The molecule has 16 heavy (non-hydrogen) atoms. The predicted octanol–water partition coefficient (Wildman–Crippen LogP) is 1.24. The molecule has 4 nitrogen and oxygen atoms in total. The fourth-order valence-electron chi connectivity index (χ4n) is 1.31. The van der Waals surface area contributed by atoms with Crippen molar-refractivity contribution in [1.29, 1.82) is 0 Å². The van der Waals surface area contributed by atoms with Crippen molar-refractivity contribution in [3.05, 3.63) is 24.3 Å². The van der Waals surface area contributed by atoms with Gasteiger partial charge in [-0.05, 0) is 25.5 Å². The number of aliphatic hydroxyl groups is 1. The van der Waals surface area contributed by atoms with Gasteiger partial charge in [-0.2, -0.15) is 0 Å². The van der Waals surface area contributed by atoms with Crippen LogP contribution in [0, 0.1) is 0 Å². The van der Waals surface area contributed by atoms with Gasteiger partial charge in [-0.1, -0.05) is 12.1 Å². The highest BCUT2D eigenvalue weighted by Crippen LogP contribution is 2.24. The van der Waals surface area contributed by atoms with E-state index in [0.717, 1.165) is 0 Å². The van der Waals surface area contributed by atoms with Crippen LogP contribution in [0.15, 0.2) is 29.2 Å². The highest BCUT2D eigenvalue weighted by atomic mass is 32.2. The maximum Gasteiger partial charge on any atom is 0.182 e. The summed E-state index contributed by atoms with van der Waals surface area (Å²) < 4.78 is 28.8. The van der Waals surface area contributed by atoms with Gasteiger partial charge in [-0.15, -0.1) is 0 Å². The van der Waals surface area contributed by atoms with Gasteiger partial charge in [0.2, 0.25) is 0 Å². The van der Waals surface area contributed by atoms with Crippen LogP contribution >= 0.6 is 0 Å². The lowest BCUT2D eigenvalue weighted by atomic mass is 10.3. The summed E-state index contributed by atoms with van der Waals surface area (Å²) in [5, 5.41) is 9.09. The first kappa shape index (κ1) is 13.0. The number of para-hydroxylation sites is 1. The minimum absolute atomic E-state index is 0.0783. The van der Waals surface area contributed by atoms with Crippen molar-refractivity contribution in [2.75, 3.05) is 12.9 Å². The van der Waals surface area contributed by atoms with E-state index in [-0.39, 0.29) is 17.1 Å². The quantitative estimate of drug-likeness (QED) is 0.846. The number of aliphatic hydroxyl groups excluding tert-OH is 1. The number of hydrogen-bond acceptors (Lipinski definition) is 4. The van der Waals surface area contributed by atoms with Gasteiger partial charge in [0.25, 0.3) is 0 Å². The molecule has 0 bridgehead atoms. The Morgan fingerprint density at radius 1 is 1.38 bits per heavy atom. The minimum atomic E-state index is -3.38. The lowest BCUT2D eigenvalue weighted by Crippen LogP contribution is -2.13. The molecule has 1 rings (SSSR count). The first-order valence-corrected chi connectivity index (χ1v) is 6.66. The van der Waals surface area contributed by atoms with E-state index in [4.69, 9.17) is 9.84 Å². The van der Waals surface area contributed by atoms with E-state index >= 15 is 0 Å². The number of rotatable bonds is 5. The fraction of sp³-hybridized carbons (Fsp3) is 0.455. The molecule has 0 fully saturated rings. The lowest BCUT2D eigenvalue weighted by Gasteiger charge is -2.09. The van der Waals surface area contributed by atoms with Crippen LogP contribution < -0.4 is 4.74 Å². The first-order chi connectivity index (χ1) is 7.47. The Kier molecular flexibility index (Phi) is 4.32. The Hall–Kier alpha value is -1.07. The standard InChI is InChI=1S/C11H16O4S/c1-9(12)7-8-16(13,14)11-6-4-3-5-10(11)15-2/h3-6,9,12H,7-8H2,1-2H3. The third-order valence-electron chi connectivity index (χ3n) is 2.21. The predicted molar refractivity (Wildman–Crippen MR) is 61.3 cm³/mol. The van der Waals surface area contributed by atoms with Gasteiger partial charge in [0.1, 0.15) is 10.6 Å². The summed E-state index contributed by atoms with van der Waals surface area (Å²) in [5.74, 6) is 0.262. The SMILES string of the molecule is COc1ccccc1S(=O)(=O)CCC(C)O. The van der Waals surface area contributed by atoms with Crippen LogP contribution in [0.2, 0.25) is 0 Å². The van der Waals surface area contributed by atoms with Crippen molar-refractivity contribution in [2.45, 2.75) is 24.3 Å². The van der Waals surface area contributed by atoms with Crippen molar-refractivity contribution in [1.82, 2.24) is 0 Å². The zero-order valence-corrected chi connectivity index (χ0v) is 10.2. The molecular weight excluding hydrogens is 228 g/mol. The largest absolute Gasteiger partial charge is 0.495 e. The Morgan fingerprint density at radius 3 is 2.56 bits per heavy atom. The van der Waals surface area contributed by atoms with Gasteiger partial charge in [-0.3, -0.25) is 0 Å². The summed E-state index contributed by atoms with van der Waals surface area (Å²) in [7, 11) is -1.95. The highest BCUT2D eigenvalue weighted by molar-refractivity contribution is 7.91. The van der Waals surface area contributed by atoms with Crippen molar-refractivity contribution in [3.8, 4) is 5.75 Å². The summed E-state index contributed by atoms with van der Waals surface area (Å²) >= 11 is 0. The van der Waals surface area contributed by atoms with Crippen molar-refractivity contribution in [2.24, 2.45) is 0 Å². The third-order valence-corrected chi connectivity index (χ3v) is 3.99. The summed E-state index contributed by atoms with van der Waals surface area (Å²) in [4.78, 5) is 0.179. The molecule has 1 aromatic carbocycles. The molecule has 1 atom stereocenters. The normalized spacial score (nSPS) is 13.4. The van der Waals surface area contributed by atoms with Crippen LogP contribution in [0.1, 0.15) is 13.3 Å². The van der Waals surface area contributed by atoms with E-state index in [2.05, 4.69) is 0 Å². The topological polar surface area (TPSA) is 63.6 Å². The molecule has 0 amide bonds. The van der Waals surface area contributed by atoms with Crippen molar-refractivity contribution in [3.63, 3.8) is 0 Å². The Morgan fingerprint density at radius 2 is 2.00 bits per heavy atom. The van der Waals surface area contributed by atoms with E-state index in [1.165, 1.54) is 13.2 Å². The molecule has 1 unspecified atom stereocenters. The fourth-order valence-corrected chi connectivity index (χ4v) is 2.93. The van der Waals surface area contributed by atoms with Gasteiger partial charge in [-0.25, -0.2) is 8.42 Å². The summed E-state index contributed by atoms with van der Waals surface area (Å²) in [5.41, 5.74) is 0. The average Bonchev–Trinajstić information content (AvgIpc) is 2.26. The van der Waals surface area contributed by atoms with E-state index < -0.39 is 15.9 Å². The van der Waals surface area contributed by atoms with Crippen LogP contribution in [0.3, 0.4) is 0 Å². The van der Waals surface area contributed by atoms with Gasteiger partial charge in [0.05, 0.1) is 19.0 Å². The summed E-state index contributed by atoms with van der Waals surface area (Å²) in [6, 6.07) is 6.48. The molecular formula is C11H16O4S. The molecule has 0 aliphatic carbocycles. The first-order valence-electron chi connectivity index (χ1n) is 5.01. The summed E-state index contributed by atoms with van der Waals surface area (Å²) in [6.07, 6.45) is -0.398. The van der Waals surface area contributed by atoms with E-state index in [1.54, 1.807) is 25.1 Å². The number of hydrogen-bond donors (Lipinski definition) is 1. The number of methoxy groups -OCH3 is 1. The van der Waals surface area contributed by atoms with Crippen LogP contribution in [-0.2, 0) is 9.84 Å². The number of benzene rings is 1. The third kappa shape index (κ3) is 3.21. The minimum Gasteiger partial charge on any atom is -0.495 e. The number of sulfone groups is 1. The van der Waals surface area contributed by atoms with Crippen LogP contribution in [0.4, 0.5) is 0 Å². The second-order valence-corrected chi connectivity index (χ2v) is 5.68. The maximum absolute atomic E-state index is 11.9. The zero-order valence-electron chi connectivity index (χ0n) is 9.38. The van der Waals surface area contributed by atoms with Crippen LogP contribution in [-0.4, -0.2) is 32.5 Å². The van der Waals surface area contributed by atoms with Gasteiger partial charge < -0.3 is 9.84 Å². The zero-order chi connectivity index (χ0) is 12.2. The highest BCUT2D eigenvalue weighted by Gasteiger charge is 2.19. The smallest absolute Gasteiger partial charge is 0.182 e. The van der Waals surface area contributed by atoms with Crippen LogP contribution in [0.25, 0.3) is 0 Å². The molecule has 0 saturated heterocycles. The molecule has 0 aliphatic heterocycles. The Labute approximate surface area is 95.8 Å². The molecule has 0 heterocycles. The molecule has 90 valence electrons.